The van der Waals surface area contributed by atoms with Crippen molar-refractivity contribution in [1.82, 2.24) is 26.2 Å². The van der Waals surface area contributed by atoms with Crippen LogP contribution in [0.15, 0.2) is 60.7 Å². The van der Waals surface area contributed by atoms with Crippen molar-refractivity contribution < 1.29 is 33.8 Å². The van der Waals surface area contributed by atoms with Gasteiger partial charge < -0.3 is 31.1 Å². The number of alkyl halides is 1. The summed E-state index contributed by atoms with van der Waals surface area (Å²) in [6, 6.07) is 14.6. The van der Waals surface area contributed by atoms with E-state index in [2.05, 4.69) is 21.3 Å². The average Bonchev–Trinajstić information content (AvgIpc) is 3.12. The predicted molar refractivity (Wildman–Crippen MR) is 205 cm³/mol. The number of ketones is 1. The van der Waals surface area contributed by atoms with E-state index in [1.54, 1.807) is 0 Å². The number of amides is 4. The fourth-order valence-electron chi connectivity index (χ4n) is 6.15. The fourth-order valence-corrected chi connectivity index (χ4v) is 6.28. The van der Waals surface area contributed by atoms with Crippen LogP contribution < -0.4 is 21.3 Å². The monoisotopic (exact) mass is 755 g/mol. The van der Waals surface area contributed by atoms with Gasteiger partial charge >= 0.3 is 0 Å². The van der Waals surface area contributed by atoms with Crippen molar-refractivity contribution in [3.05, 3.63) is 71.8 Å². The summed E-state index contributed by atoms with van der Waals surface area (Å²) >= 11 is 5.90. The molecule has 12 nitrogen and oxygen atoms in total. The number of hydrogen-bond donors (Lipinski definition) is 5. The van der Waals surface area contributed by atoms with Gasteiger partial charge in [-0.15, -0.1) is 11.6 Å². The Hall–Kier alpha value is -3.84. The van der Waals surface area contributed by atoms with Gasteiger partial charge in [-0.3, -0.25) is 28.9 Å². The van der Waals surface area contributed by atoms with E-state index in [1.165, 1.54) is 6.92 Å². The number of nitrogens with zero attached hydrogens (tertiary/aromatic N) is 1. The molecule has 2 unspecified atom stereocenters. The quantitative estimate of drug-likeness (QED) is 0.121. The number of benzene rings is 2. The van der Waals surface area contributed by atoms with Crippen LogP contribution in [-0.2, 0) is 41.6 Å². The number of Topliss-reactive ketones (excluding diaryl/α,β-unsaturated/α-hetero) is 1. The van der Waals surface area contributed by atoms with E-state index < -0.39 is 53.3 Å². The number of rotatable bonds is 21. The molecular weight excluding hydrogens is 698 g/mol. The smallest absolute Gasteiger partial charge is 0.243 e. The second kappa shape index (κ2) is 21.8. The van der Waals surface area contributed by atoms with Crippen LogP contribution >= 0.6 is 11.6 Å². The van der Waals surface area contributed by atoms with Crippen molar-refractivity contribution in [3.63, 3.8) is 0 Å². The van der Waals surface area contributed by atoms with Crippen molar-refractivity contribution in [3.8, 4) is 0 Å². The Balaban J connectivity index is 1.84. The van der Waals surface area contributed by atoms with E-state index in [9.17, 15) is 29.1 Å². The van der Waals surface area contributed by atoms with E-state index in [1.807, 2.05) is 93.3 Å². The maximum atomic E-state index is 14.1. The average molecular weight is 756 g/mol. The number of ether oxygens (including phenoxy) is 1. The lowest BCUT2D eigenvalue weighted by Crippen LogP contribution is -2.60. The van der Waals surface area contributed by atoms with Gasteiger partial charge in [0.05, 0.1) is 31.7 Å². The summed E-state index contributed by atoms with van der Waals surface area (Å²) in [6.45, 7) is 11.3. The Bertz CT molecular complexity index is 1470. The molecule has 0 spiro atoms. The maximum Gasteiger partial charge on any atom is 0.243 e. The van der Waals surface area contributed by atoms with Crippen LogP contribution in [-0.4, -0.2) is 108 Å². The van der Waals surface area contributed by atoms with Crippen molar-refractivity contribution in [2.24, 2.45) is 11.8 Å². The highest BCUT2D eigenvalue weighted by molar-refractivity contribution is 6.21. The molecule has 0 radical (unpaired) electrons. The van der Waals surface area contributed by atoms with Crippen molar-refractivity contribution in [1.29, 1.82) is 0 Å². The predicted octanol–water partition coefficient (Wildman–Crippen LogP) is 2.78. The highest BCUT2D eigenvalue weighted by Crippen LogP contribution is 2.17. The number of carbonyl (C=O) groups is 5. The first-order valence-electron chi connectivity index (χ1n) is 18.6. The van der Waals surface area contributed by atoms with Gasteiger partial charge in [0, 0.05) is 19.5 Å². The minimum absolute atomic E-state index is 0.00706. The van der Waals surface area contributed by atoms with Crippen molar-refractivity contribution >= 4 is 41.0 Å². The molecule has 0 saturated carbocycles. The molecule has 0 aromatic heterocycles. The van der Waals surface area contributed by atoms with E-state index >= 15 is 0 Å². The highest BCUT2D eigenvalue weighted by Gasteiger charge is 2.38. The first-order chi connectivity index (χ1) is 25.2. The molecule has 1 fully saturated rings. The SMILES string of the molecule is CC(C)CC(NC(=O)[C@H](Cc1ccccc1)NC(=O)[C@H](CC(C)C)NC(=O)[C@H](CCc1ccccc1)NC(=O)CN1CCOCC1)C(=O)C(C)(O)CCl. The summed E-state index contributed by atoms with van der Waals surface area (Å²) in [6.07, 6.45) is 1.43. The summed E-state index contributed by atoms with van der Waals surface area (Å²) in [7, 11) is 0. The fraction of sp³-hybridized carbons (Fsp3) is 0.575. The largest absolute Gasteiger partial charge is 0.381 e. The molecule has 0 bridgehead atoms. The molecular formula is C40H58ClN5O7. The molecule has 1 aliphatic heterocycles. The first kappa shape index (κ1) is 43.6. The van der Waals surface area contributed by atoms with Gasteiger partial charge in [0.25, 0.3) is 0 Å². The van der Waals surface area contributed by atoms with E-state index in [0.29, 0.717) is 39.1 Å². The molecule has 1 aliphatic rings. The molecule has 3 rings (SSSR count). The van der Waals surface area contributed by atoms with Crippen molar-refractivity contribution in [2.75, 3.05) is 38.7 Å². The Morgan fingerprint density at radius 3 is 1.79 bits per heavy atom. The third-order valence-electron chi connectivity index (χ3n) is 9.07. The second-order valence-corrected chi connectivity index (χ2v) is 15.2. The molecule has 292 valence electrons. The first-order valence-corrected chi connectivity index (χ1v) is 19.1. The maximum absolute atomic E-state index is 14.1. The second-order valence-electron chi connectivity index (χ2n) is 14.9. The molecule has 1 saturated heterocycles. The minimum Gasteiger partial charge on any atom is -0.381 e. The Labute approximate surface area is 319 Å². The van der Waals surface area contributed by atoms with Crippen LogP contribution in [0.25, 0.3) is 0 Å². The molecule has 53 heavy (non-hydrogen) atoms. The van der Waals surface area contributed by atoms with Gasteiger partial charge in [-0.05, 0) is 55.6 Å². The number of nitrogens with one attached hydrogen (secondary N) is 4. The number of carbonyl (C=O) groups excluding carboxylic acids is 5. The lowest BCUT2D eigenvalue weighted by atomic mass is 9.90. The zero-order valence-corrected chi connectivity index (χ0v) is 32.5. The minimum atomic E-state index is -1.87. The topological polar surface area (TPSA) is 166 Å². The van der Waals surface area contributed by atoms with Gasteiger partial charge in [0.1, 0.15) is 23.7 Å². The Kier molecular flexibility index (Phi) is 17.9. The lowest BCUT2D eigenvalue weighted by molar-refractivity contribution is -0.139. The number of morpholine rings is 1. The van der Waals surface area contributed by atoms with Crippen LogP contribution in [0.2, 0.25) is 0 Å². The van der Waals surface area contributed by atoms with Crippen molar-refractivity contribution in [2.45, 2.75) is 96.5 Å². The molecule has 0 aliphatic carbocycles. The molecule has 1 heterocycles. The van der Waals surface area contributed by atoms with E-state index in [4.69, 9.17) is 16.3 Å². The third-order valence-corrected chi connectivity index (χ3v) is 9.59. The number of hydrogen-bond acceptors (Lipinski definition) is 8. The van der Waals surface area contributed by atoms with Gasteiger partial charge in [0.15, 0.2) is 5.78 Å². The molecule has 13 heteroatoms. The van der Waals surface area contributed by atoms with Crippen LogP contribution in [0.5, 0.6) is 0 Å². The standard InChI is InChI=1S/C40H58ClN5O7/c1-27(2)22-32(36(48)40(5,52)26-41)43-39(51)34(24-30-14-10-7-11-15-30)45-38(50)33(23-28(3)4)44-37(49)31(17-16-29-12-8-6-9-13-29)42-35(47)25-46-18-20-53-21-19-46/h6-15,27-28,31-34,52H,16-26H2,1-5H3,(H,42,47)(H,43,51)(H,44,49)(H,45,50)/t31-,32?,33-,34-,40?/m0/s1. The molecule has 5 atom stereocenters. The molecule has 5 N–H and O–H groups in total. The zero-order chi connectivity index (χ0) is 39.0. The number of aliphatic hydroxyl groups is 1. The number of halogens is 1. The Morgan fingerprint density at radius 1 is 0.736 bits per heavy atom. The summed E-state index contributed by atoms with van der Waals surface area (Å²) in [5, 5.41) is 22.1. The zero-order valence-electron chi connectivity index (χ0n) is 31.7. The van der Waals surface area contributed by atoms with Gasteiger partial charge in [-0.1, -0.05) is 88.4 Å². The molecule has 2 aromatic carbocycles. The van der Waals surface area contributed by atoms with E-state index in [-0.39, 0.29) is 49.4 Å². The normalized spacial score (nSPS) is 16.8. The van der Waals surface area contributed by atoms with Crippen LogP contribution in [0, 0.1) is 11.8 Å². The highest BCUT2D eigenvalue weighted by atomic mass is 35.5. The van der Waals surface area contributed by atoms with Crippen LogP contribution in [0.4, 0.5) is 0 Å². The van der Waals surface area contributed by atoms with Crippen LogP contribution in [0.1, 0.15) is 65.0 Å². The summed E-state index contributed by atoms with van der Waals surface area (Å²) in [5.74, 6) is -3.00. The van der Waals surface area contributed by atoms with Gasteiger partial charge in [0.2, 0.25) is 23.6 Å². The Morgan fingerprint density at radius 2 is 1.23 bits per heavy atom. The summed E-state index contributed by atoms with van der Waals surface area (Å²) in [5.41, 5.74) is -0.102. The van der Waals surface area contributed by atoms with Crippen LogP contribution in [0.3, 0.4) is 0 Å². The summed E-state index contributed by atoms with van der Waals surface area (Å²) < 4.78 is 5.39. The summed E-state index contributed by atoms with van der Waals surface area (Å²) in [4.78, 5) is 70.4. The third kappa shape index (κ3) is 15.2. The molecule has 4 amide bonds. The van der Waals surface area contributed by atoms with Gasteiger partial charge in [-0.2, -0.15) is 0 Å². The van der Waals surface area contributed by atoms with E-state index in [0.717, 1.165) is 11.1 Å². The molecule has 2 aromatic rings. The van der Waals surface area contributed by atoms with Gasteiger partial charge in [-0.25, -0.2) is 0 Å². The lowest BCUT2D eigenvalue weighted by Gasteiger charge is -2.30. The number of aryl methyl sites for hydroxylation is 1.